The zero-order valence-electron chi connectivity index (χ0n) is 8.22. The summed E-state index contributed by atoms with van der Waals surface area (Å²) in [6.07, 6.45) is 1.94. The average molecular weight is 169 g/mol. The van der Waals surface area contributed by atoms with E-state index in [1.165, 1.54) is 0 Å². The Balaban J connectivity index is 4.25. The number of rotatable bonds is 5. The highest BCUT2D eigenvalue weighted by molar-refractivity contribution is 6.40. The van der Waals surface area contributed by atoms with Crippen LogP contribution in [0.15, 0.2) is 4.99 Å². The molecule has 0 amide bonds. The van der Waals surface area contributed by atoms with Crippen molar-refractivity contribution in [3.05, 3.63) is 0 Å². The number of nitrogens with zero attached hydrogens (tertiary/aromatic N) is 1. The first kappa shape index (κ1) is 11.1. The fraction of sp³-hybridized carbons (Fsp3) is 0.778. The van der Waals surface area contributed by atoms with Gasteiger partial charge in [0.1, 0.15) is 5.84 Å². The van der Waals surface area contributed by atoms with Gasteiger partial charge in [-0.15, -0.1) is 0 Å². The van der Waals surface area contributed by atoms with Crippen molar-refractivity contribution in [2.24, 2.45) is 16.6 Å². The summed E-state index contributed by atoms with van der Waals surface area (Å²) >= 11 is 0. The molecule has 0 radical (unpaired) electrons. The van der Waals surface area contributed by atoms with Crippen LogP contribution in [0, 0.1) is 11.3 Å². The molecule has 0 aliphatic heterocycles. The first-order chi connectivity index (χ1) is 5.67. The maximum atomic E-state index is 7.70. The summed E-state index contributed by atoms with van der Waals surface area (Å²) in [5.74, 6) is 0.687. The molecule has 0 atom stereocenters. The van der Waals surface area contributed by atoms with Gasteiger partial charge in [-0.2, -0.15) is 0 Å². The van der Waals surface area contributed by atoms with E-state index < -0.39 is 0 Å². The maximum absolute atomic E-state index is 7.70. The Morgan fingerprint density at radius 2 is 1.83 bits per heavy atom. The normalized spacial score (nSPS) is 12.2. The predicted octanol–water partition coefficient (Wildman–Crippen LogP) is 1.82. The molecule has 0 rings (SSSR count). The molecule has 0 saturated heterocycles. The summed E-state index contributed by atoms with van der Waals surface area (Å²) in [5.41, 5.74) is 6.11. The molecule has 0 spiro atoms. The van der Waals surface area contributed by atoms with Crippen LogP contribution in [0.4, 0.5) is 0 Å². The molecule has 12 heavy (non-hydrogen) atoms. The number of nitrogens with one attached hydrogen (secondary N) is 1. The van der Waals surface area contributed by atoms with Gasteiger partial charge in [-0.1, -0.05) is 13.8 Å². The SMILES string of the molecule is CCN=C(N)C(=N)C(CC)CC. The number of nitrogens with two attached hydrogens (primary N) is 1. The molecule has 0 fully saturated rings. The fourth-order valence-electron chi connectivity index (χ4n) is 1.16. The first-order valence-corrected chi connectivity index (χ1v) is 4.56. The molecule has 0 aromatic rings. The van der Waals surface area contributed by atoms with Crippen molar-refractivity contribution in [2.45, 2.75) is 33.6 Å². The van der Waals surface area contributed by atoms with E-state index in [9.17, 15) is 0 Å². The highest BCUT2D eigenvalue weighted by atomic mass is 14.9. The molecule has 3 N–H and O–H groups in total. The second-order valence-electron chi connectivity index (χ2n) is 2.79. The van der Waals surface area contributed by atoms with E-state index in [2.05, 4.69) is 18.8 Å². The van der Waals surface area contributed by atoms with E-state index >= 15 is 0 Å². The van der Waals surface area contributed by atoms with Gasteiger partial charge in [0, 0.05) is 12.5 Å². The summed E-state index contributed by atoms with van der Waals surface area (Å²) in [6, 6.07) is 0. The van der Waals surface area contributed by atoms with Crippen LogP contribution in [0.2, 0.25) is 0 Å². The van der Waals surface area contributed by atoms with E-state index in [0.717, 1.165) is 12.8 Å². The van der Waals surface area contributed by atoms with Crippen molar-refractivity contribution in [3.63, 3.8) is 0 Å². The molecule has 0 aromatic heterocycles. The lowest BCUT2D eigenvalue weighted by Crippen LogP contribution is -2.29. The number of hydrogen-bond donors (Lipinski definition) is 2. The highest BCUT2D eigenvalue weighted by Crippen LogP contribution is 2.08. The van der Waals surface area contributed by atoms with E-state index in [0.29, 0.717) is 18.1 Å². The van der Waals surface area contributed by atoms with Crippen LogP contribution in [0.25, 0.3) is 0 Å². The van der Waals surface area contributed by atoms with E-state index in [1.54, 1.807) is 0 Å². The van der Waals surface area contributed by atoms with Gasteiger partial charge in [0.15, 0.2) is 0 Å². The Bertz CT molecular complexity index is 169. The Morgan fingerprint density at radius 1 is 1.33 bits per heavy atom. The zero-order valence-corrected chi connectivity index (χ0v) is 8.22. The summed E-state index contributed by atoms with van der Waals surface area (Å²) < 4.78 is 0. The van der Waals surface area contributed by atoms with Crippen LogP contribution < -0.4 is 5.73 Å². The predicted molar refractivity (Wildman–Crippen MR) is 54.0 cm³/mol. The Labute approximate surface area is 74.6 Å². The van der Waals surface area contributed by atoms with Gasteiger partial charge in [-0.3, -0.25) is 4.99 Å². The van der Waals surface area contributed by atoms with Gasteiger partial charge >= 0.3 is 0 Å². The third kappa shape index (κ3) is 3.03. The van der Waals surface area contributed by atoms with Crippen LogP contribution in [0.1, 0.15) is 33.6 Å². The van der Waals surface area contributed by atoms with E-state index in [1.807, 2.05) is 6.92 Å². The zero-order chi connectivity index (χ0) is 9.56. The Kier molecular flexibility index (Phi) is 5.34. The Morgan fingerprint density at radius 3 is 2.17 bits per heavy atom. The number of aliphatic imine (C=N–C) groups is 1. The van der Waals surface area contributed by atoms with Crippen LogP contribution >= 0.6 is 0 Å². The van der Waals surface area contributed by atoms with Crippen molar-refractivity contribution in [2.75, 3.05) is 6.54 Å². The highest BCUT2D eigenvalue weighted by Gasteiger charge is 2.12. The lowest BCUT2D eigenvalue weighted by atomic mass is 9.97. The van der Waals surface area contributed by atoms with Crippen molar-refractivity contribution >= 4 is 11.5 Å². The monoisotopic (exact) mass is 169 g/mol. The standard InChI is InChI=1S/C9H19N3/c1-4-7(5-2)8(10)9(11)12-6-3/h7,10H,4-6H2,1-3H3,(H2,11,12). The molecule has 70 valence electrons. The van der Waals surface area contributed by atoms with Gasteiger partial charge in [0.25, 0.3) is 0 Å². The van der Waals surface area contributed by atoms with Gasteiger partial charge in [-0.05, 0) is 19.8 Å². The molecular formula is C9H19N3. The first-order valence-electron chi connectivity index (χ1n) is 4.56. The topological polar surface area (TPSA) is 62.2 Å². The summed E-state index contributed by atoms with van der Waals surface area (Å²) in [6.45, 7) is 6.73. The number of amidine groups is 1. The van der Waals surface area contributed by atoms with Crippen LogP contribution in [0.5, 0.6) is 0 Å². The molecule has 0 aliphatic rings. The quantitative estimate of drug-likeness (QED) is 0.478. The molecule has 0 saturated carbocycles. The molecule has 0 aliphatic carbocycles. The van der Waals surface area contributed by atoms with Crippen molar-refractivity contribution < 1.29 is 0 Å². The molecule has 3 heteroatoms. The minimum Gasteiger partial charge on any atom is -0.382 e. The molecule has 0 heterocycles. The molecule has 0 unspecified atom stereocenters. The third-order valence-electron chi connectivity index (χ3n) is 2.00. The largest absolute Gasteiger partial charge is 0.382 e. The second-order valence-corrected chi connectivity index (χ2v) is 2.79. The van der Waals surface area contributed by atoms with Crippen molar-refractivity contribution in [1.82, 2.24) is 0 Å². The minimum atomic E-state index is 0.278. The molecule has 0 bridgehead atoms. The maximum Gasteiger partial charge on any atom is 0.139 e. The van der Waals surface area contributed by atoms with Crippen LogP contribution in [0.3, 0.4) is 0 Å². The van der Waals surface area contributed by atoms with Crippen LogP contribution in [-0.2, 0) is 0 Å². The van der Waals surface area contributed by atoms with Gasteiger partial charge in [-0.25, -0.2) is 0 Å². The Hall–Kier alpha value is -0.860. The number of hydrogen-bond acceptors (Lipinski definition) is 2. The van der Waals surface area contributed by atoms with E-state index in [4.69, 9.17) is 11.1 Å². The lowest BCUT2D eigenvalue weighted by Gasteiger charge is -2.12. The van der Waals surface area contributed by atoms with Gasteiger partial charge < -0.3 is 11.1 Å². The average Bonchev–Trinajstić information content (AvgIpc) is 2.07. The van der Waals surface area contributed by atoms with Crippen molar-refractivity contribution in [3.8, 4) is 0 Å². The molecule has 0 aromatic carbocycles. The van der Waals surface area contributed by atoms with E-state index in [-0.39, 0.29) is 5.92 Å². The van der Waals surface area contributed by atoms with Crippen LogP contribution in [-0.4, -0.2) is 18.1 Å². The smallest absolute Gasteiger partial charge is 0.139 e. The molecule has 3 nitrogen and oxygen atoms in total. The summed E-state index contributed by atoms with van der Waals surface area (Å²) in [7, 11) is 0. The molecular weight excluding hydrogens is 150 g/mol. The van der Waals surface area contributed by atoms with Gasteiger partial charge in [0.2, 0.25) is 0 Å². The second kappa shape index (κ2) is 5.75. The van der Waals surface area contributed by atoms with Crippen molar-refractivity contribution in [1.29, 1.82) is 5.41 Å². The van der Waals surface area contributed by atoms with Gasteiger partial charge in [0.05, 0.1) is 5.71 Å². The summed E-state index contributed by atoms with van der Waals surface area (Å²) in [5, 5.41) is 7.70. The minimum absolute atomic E-state index is 0.278. The third-order valence-corrected chi connectivity index (χ3v) is 2.00. The fourth-order valence-corrected chi connectivity index (χ4v) is 1.16. The summed E-state index contributed by atoms with van der Waals surface area (Å²) in [4.78, 5) is 4.01. The lowest BCUT2D eigenvalue weighted by molar-refractivity contribution is 0.644.